The van der Waals surface area contributed by atoms with E-state index in [-0.39, 0.29) is 29.1 Å². The molecular weight excluding hydrogens is 355 g/mol. The maximum absolute atomic E-state index is 11.9. The fourth-order valence-corrected chi connectivity index (χ4v) is 2.59. The van der Waals surface area contributed by atoms with Crippen LogP contribution >= 0.6 is 23.2 Å². The highest BCUT2D eigenvalue weighted by Crippen LogP contribution is 2.32. The lowest BCUT2D eigenvalue weighted by Crippen LogP contribution is -2.35. The molecule has 6 nitrogen and oxygen atoms in total. The van der Waals surface area contributed by atoms with Gasteiger partial charge in [-0.2, -0.15) is 0 Å². The Bertz CT molecular complexity index is 790. The van der Waals surface area contributed by atoms with Crippen molar-refractivity contribution in [1.29, 1.82) is 0 Å². The summed E-state index contributed by atoms with van der Waals surface area (Å²) in [4.78, 5) is 23.9. The van der Waals surface area contributed by atoms with E-state index in [0.29, 0.717) is 11.5 Å². The molecule has 0 saturated heterocycles. The van der Waals surface area contributed by atoms with E-state index in [0.717, 1.165) is 5.56 Å². The summed E-state index contributed by atoms with van der Waals surface area (Å²) in [5.41, 5.74) is 0.972. The Morgan fingerprint density at radius 3 is 2.46 bits per heavy atom. The lowest BCUT2D eigenvalue weighted by molar-refractivity contribution is -0.136. The number of carbonyl (C=O) groups excluding carboxylic acids is 2. The molecule has 1 aliphatic rings. The van der Waals surface area contributed by atoms with Crippen LogP contribution in [0.1, 0.15) is 5.56 Å². The first-order chi connectivity index (χ1) is 11.5. The number of amides is 2. The van der Waals surface area contributed by atoms with Crippen molar-refractivity contribution >= 4 is 40.7 Å². The fraction of sp³-hybridized carbons (Fsp3) is 0.125. The van der Waals surface area contributed by atoms with E-state index in [1.807, 2.05) is 0 Å². The molecule has 0 atom stereocenters. The number of anilines is 1. The summed E-state index contributed by atoms with van der Waals surface area (Å²) in [6.07, 6.45) is 0. The normalized spacial score (nSPS) is 11.9. The Kier molecular flexibility index (Phi) is 4.78. The van der Waals surface area contributed by atoms with E-state index in [1.54, 1.807) is 36.4 Å². The van der Waals surface area contributed by atoms with E-state index < -0.39 is 11.8 Å². The first-order valence-electron chi connectivity index (χ1n) is 6.96. The van der Waals surface area contributed by atoms with Crippen molar-refractivity contribution in [2.45, 2.75) is 6.54 Å². The van der Waals surface area contributed by atoms with Gasteiger partial charge in [0, 0.05) is 6.54 Å². The quantitative estimate of drug-likeness (QED) is 0.818. The number of para-hydroxylation sites is 1. The molecule has 2 aromatic carbocycles. The van der Waals surface area contributed by atoms with Gasteiger partial charge in [0.25, 0.3) is 0 Å². The Balaban J connectivity index is 1.59. The summed E-state index contributed by atoms with van der Waals surface area (Å²) < 4.78 is 10.5. The highest BCUT2D eigenvalue weighted by molar-refractivity contribution is 6.44. The van der Waals surface area contributed by atoms with Gasteiger partial charge in [0.2, 0.25) is 6.79 Å². The minimum Gasteiger partial charge on any atom is -0.454 e. The minimum absolute atomic E-state index is 0.166. The van der Waals surface area contributed by atoms with E-state index in [2.05, 4.69) is 10.6 Å². The Morgan fingerprint density at radius 2 is 1.71 bits per heavy atom. The molecule has 8 heteroatoms. The van der Waals surface area contributed by atoms with Gasteiger partial charge in [-0.25, -0.2) is 0 Å². The number of benzene rings is 2. The second-order valence-corrected chi connectivity index (χ2v) is 5.74. The van der Waals surface area contributed by atoms with E-state index >= 15 is 0 Å². The monoisotopic (exact) mass is 366 g/mol. The van der Waals surface area contributed by atoms with Crippen molar-refractivity contribution in [2.24, 2.45) is 0 Å². The van der Waals surface area contributed by atoms with Crippen molar-refractivity contribution in [2.75, 3.05) is 12.1 Å². The molecule has 0 bridgehead atoms. The average Bonchev–Trinajstić information content (AvgIpc) is 3.03. The SMILES string of the molecule is O=C(NCc1ccc2c(c1)OCO2)C(=O)Nc1c(Cl)cccc1Cl. The Morgan fingerprint density at radius 1 is 1.00 bits per heavy atom. The number of fused-ring (bicyclic) bond motifs is 1. The summed E-state index contributed by atoms with van der Waals surface area (Å²) in [5, 5.41) is 5.41. The van der Waals surface area contributed by atoms with Gasteiger partial charge in [-0.3, -0.25) is 9.59 Å². The lowest BCUT2D eigenvalue weighted by atomic mass is 10.2. The van der Waals surface area contributed by atoms with Gasteiger partial charge in [-0.05, 0) is 29.8 Å². The van der Waals surface area contributed by atoms with Gasteiger partial charge in [0.15, 0.2) is 11.5 Å². The maximum atomic E-state index is 11.9. The molecule has 124 valence electrons. The van der Waals surface area contributed by atoms with E-state index in [4.69, 9.17) is 32.7 Å². The standard InChI is InChI=1S/C16H12Cl2N2O4/c17-10-2-1-3-11(18)14(10)20-16(22)15(21)19-7-9-4-5-12-13(6-9)24-8-23-12/h1-6H,7-8H2,(H,19,21)(H,20,22). The maximum Gasteiger partial charge on any atom is 0.313 e. The predicted octanol–water partition coefficient (Wildman–Crippen LogP) is 2.98. The molecule has 3 rings (SSSR count). The van der Waals surface area contributed by atoms with Crippen LogP contribution in [-0.2, 0) is 16.1 Å². The topological polar surface area (TPSA) is 76.7 Å². The third-order valence-corrected chi connectivity index (χ3v) is 3.93. The lowest BCUT2D eigenvalue weighted by Gasteiger charge is -2.09. The van der Waals surface area contributed by atoms with Crippen molar-refractivity contribution in [3.05, 3.63) is 52.0 Å². The van der Waals surface area contributed by atoms with Gasteiger partial charge in [-0.15, -0.1) is 0 Å². The molecule has 24 heavy (non-hydrogen) atoms. The fourth-order valence-electron chi connectivity index (χ4n) is 2.10. The first kappa shape index (κ1) is 16.4. The molecule has 0 saturated carbocycles. The van der Waals surface area contributed by atoms with Crippen LogP contribution in [0.2, 0.25) is 10.0 Å². The molecule has 0 aliphatic carbocycles. The second-order valence-electron chi connectivity index (χ2n) is 4.92. The van der Waals surface area contributed by atoms with Crippen LogP contribution in [0, 0.1) is 0 Å². The van der Waals surface area contributed by atoms with Crippen molar-refractivity contribution < 1.29 is 19.1 Å². The summed E-state index contributed by atoms with van der Waals surface area (Å²) in [7, 11) is 0. The first-order valence-corrected chi connectivity index (χ1v) is 7.72. The third-order valence-electron chi connectivity index (χ3n) is 3.30. The van der Waals surface area contributed by atoms with Gasteiger partial charge in [0.05, 0.1) is 15.7 Å². The Labute approximate surface area is 147 Å². The summed E-state index contributed by atoms with van der Waals surface area (Å²) in [5.74, 6) is -0.403. The molecule has 0 radical (unpaired) electrons. The van der Waals surface area contributed by atoms with Crippen LogP contribution in [0.25, 0.3) is 0 Å². The molecule has 0 aromatic heterocycles. The van der Waals surface area contributed by atoms with E-state index in [1.165, 1.54) is 0 Å². The predicted molar refractivity (Wildman–Crippen MR) is 89.5 cm³/mol. The zero-order chi connectivity index (χ0) is 17.1. The molecule has 2 aromatic rings. The van der Waals surface area contributed by atoms with Crippen LogP contribution in [-0.4, -0.2) is 18.6 Å². The molecular formula is C16H12Cl2N2O4. The molecule has 0 unspecified atom stereocenters. The van der Waals surface area contributed by atoms with Crippen molar-refractivity contribution in [1.82, 2.24) is 5.32 Å². The van der Waals surface area contributed by atoms with Crippen molar-refractivity contribution in [3.8, 4) is 11.5 Å². The van der Waals surface area contributed by atoms with Crippen LogP contribution in [0.3, 0.4) is 0 Å². The number of rotatable bonds is 3. The molecule has 1 heterocycles. The van der Waals surface area contributed by atoms with E-state index in [9.17, 15) is 9.59 Å². The van der Waals surface area contributed by atoms with Crippen LogP contribution < -0.4 is 20.1 Å². The third kappa shape index (κ3) is 3.55. The highest BCUT2D eigenvalue weighted by Gasteiger charge is 2.18. The van der Waals surface area contributed by atoms with Crippen LogP contribution in [0.4, 0.5) is 5.69 Å². The average molecular weight is 367 g/mol. The number of carbonyl (C=O) groups is 2. The zero-order valence-corrected chi connectivity index (χ0v) is 13.8. The molecule has 2 N–H and O–H groups in total. The highest BCUT2D eigenvalue weighted by atomic mass is 35.5. The summed E-state index contributed by atoms with van der Waals surface area (Å²) in [6.45, 7) is 0.339. The smallest absolute Gasteiger partial charge is 0.313 e. The summed E-state index contributed by atoms with van der Waals surface area (Å²) in [6, 6.07) is 10.0. The number of halogens is 2. The summed E-state index contributed by atoms with van der Waals surface area (Å²) >= 11 is 11.9. The number of hydrogen-bond donors (Lipinski definition) is 2. The Hall–Kier alpha value is -2.44. The van der Waals surface area contributed by atoms with Gasteiger partial charge >= 0.3 is 11.8 Å². The number of nitrogens with one attached hydrogen (secondary N) is 2. The molecule has 1 aliphatic heterocycles. The molecule has 2 amide bonds. The minimum atomic E-state index is -0.856. The van der Waals surface area contributed by atoms with Gasteiger partial charge < -0.3 is 20.1 Å². The van der Waals surface area contributed by atoms with Gasteiger partial charge in [0.1, 0.15) is 0 Å². The van der Waals surface area contributed by atoms with Crippen LogP contribution in [0.15, 0.2) is 36.4 Å². The second kappa shape index (κ2) is 6.98. The molecule has 0 spiro atoms. The van der Waals surface area contributed by atoms with Crippen molar-refractivity contribution in [3.63, 3.8) is 0 Å². The zero-order valence-electron chi connectivity index (χ0n) is 12.3. The number of ether oxygens (including phenoxy) is 2. The van der Waals surface area contributed by atoms with Gasteiger partial charge in [-0.1, -0.05) is 35.3 Å². The molecule has 0 fully saturated rings. The largest absolute Gasteiger partial charge is 0.454 e. The van der Waals surface area contributed by atoms with Crippen LogP contribution in [0.5, 0.6) is 11.5 Å². The number of hydrogen-bond acceptors (Lipinski definition) is 4.